The quantitative estimate of drug-likeness (QED) is 0.604. The molecule has 0 saturated carbocycles. The molecule has 2 N–H and O–H groups in total. The van der Waals surface area contributed by atoms with Crippen LogP contribution in [0.3, 0.4) is 0 Å². The first-order valence-corrected chi connectivity index (χ1v) is 10.7. The molecular weight excluding hydrogens is 396 g/mol. The van der Waals surface area contributed by atoms with Gasteiger partial charge in [0.25, 0.3) is 11.5 Å². The van der Waals surface area contributed by atoms with Gasteiger partial charge in [0.1, 0.15) is 18.0 Å². The highest BCUT2D eigenvalue weighted by atomic mass is 16.5. The molecule has 3 aromatic rings. The predicted molar refractivity (Wildman–Crippen MR) is 117 cm³/mol. The Bertz CT molecular complexity index is 1160. The lowest BCUT2D eigenvalue weighted by Crippen LogP contribution is -2.37. The van der Waals surface area contributed by atoms with Gasteiger partial charge in [-0.25, -0.2) is 4.98 Å². The number of para-hydroxylation sites is 2. The molecule has 1 aromatic carbocycles. The maximum absolute atomic E-state index is 13.1. The molecule has 1 aliphatic rings. The molecule has 0 aliphatic carbocycles. The Hall–Kier alpha value is -2.97. The number of aliphatic hydroxyl groups excluding tert-OH is 1. The van der Waals surface area contributed by atoms with Crippen molar-refractivity contribution in [3.8, 4) is 0 Å². The van der Waals surface area contributed by atoms with Crippen LogP contribution in [0, 0.1) is 13.8 Å². The summed E-state index contributed by atoms with van der Waals surface area (Å²) in [7, 11) is 0. The molecule has 1 atom stereocenters. The van der Waals surface area contributed by atoms with Crippen molar-refractivity contribution in [3.63, 3.8) is 0 Å². The maximum atomic E-state index is 13.1. The molecule has 1 aliphatic heterocycles. The number of aromatic nitrogens is 3. The van der Waals surface area contributed by atoms with Gasteiger partial charge in [0.15, 0.2) is 0 Å². The number of benzene rings is 1. The van der Waals surface area contributed by atoms with Crippen molar-refractivity contribution in [1.29, 1.82) is 0 Å². The van der Waals surface area contributed by atoms with Gasteiger partial charge in [0.2, 0.25) is 0 Å². The summed E-state index contributed by atoms with van der Waals surface area (Å²) in [5.74, 6) is 0.152. The predicted octanol–water partition coefficient (Wildman–Crippen LogP) is 1.92. The Kier molecular flexibility index (Phi) is 6.20. The van der Waals surface area contributed by atoms with Gasteiger partial charge >= 0.3 is 0 Å². The second kappa shape index (κ2) is 9.03. The minimum Gasteiger partial charge on any atom is -0.388 e. The number of amides is 1. The molecule has 1 fully saturated rings. The zero-order chi connectivity index (χ0) is 22.0. The lowest BCUT2D eigenvalue weighted by atomic mass is 10.1. The number of aliphatic hydroxyl groups is 1. The number of aryl methyl sites for hydroxylation is 2. The molecule has 8 nitrogen and oxygen atoms in total. The first-order valence-electron chi connectivity index (χ1n) is 10.7. The number of imidazole rings is 1. The first kappa shape index (κ1) is 21.3. The second-order valence-electron chi connectivity index (χ2n) is 7.98. The summed E-state index contributed by atoms with van der Waals surface area (Å²) in [6.07, 6.45) is 1.94. The summed E-state index contributed by atoms with van der Waals surface area (Å²) < 4.78 is 9.20. The van der Waals surface area contributed by atoms with Gasteiger partial charge in [-0.2, -0.15) is 0 Å². The molecule has 31 heavy (non-hydrogen) atoms. The van der Waals surface area contributed by atoms with Crippen LogP contribution >= 0.6 is 0 Å². The van der Waals surface area contributed by atoms with Gasteiger partial charge in [0.05, 0.1) is 23.7 Å². The van der Waals surface area contributed by atoms with Crippen LogP contribution in [0.1, 0.15) is 40.3 Å². The van der Waals surface area contributed by atoms with Crippen LogP contribution in [0.4, 0.5) is 0 Å². The van der Waals surface area contributed by atoms with Crippen molar-refractivity contribution in [1.82, 2.24) is 19.4 Å². The second-order valence-corrected chi connectivity index (χ2v) is 7.98. The minimum absolute atomic E-state index is 0.0152. The van der Waals surface area contributed by atoms with Gasteiger partial charge in [-0.3, -0.25) is 9.59 Å². The fourth-order valence-corrected chi connectivity index (χ4v) is 4.29. The van der Waals surface area contributed by atoms with Gasteiger partial charge in [0, 0.05) is 25.4 Å². The molecule has 4 rings (SSSR count). The van der Waals surface area contributed by atoms with Crippen molar-refractivity contribution < 1.29 is 14.6 Å². The number of carbonyl (C=O) groups is 1. The summed E-state index contributed by atoms with van der Waals surface area (Å²) in [5.41, 5.74) is 3.06. The van der Waals surface area contributed by atoms with E-state index in [4.69, 9.17) is 4.74 Å². The zero-order valence-electron chi connectivity index (χ0n) is 17.9. The van der Waals surface area contributed by atoms with Gasteiger partial charge in [-0.1, -0.05) is 12.1 Å². The highest BCUT2D eigenvalue weighted by Gasteiger charge is 2.22. The molecule has 0 unspecified atom stereocenters. The first-order chi connectivity index (χ1) is 15.0. The van der Waals surface area contributed by atoms with Gasteiger partial charge in [-0.15, -0.1) is 0 Å². The minimum atomic E-state index is -0.390. The summed E-state index contributed by atoms with van der Waals surface area (Å²) in [4.78, 5) is 30.4. The van der Waals surface area contributed by atoms with E-state index in [1.165, 1.54) is 0 Å². The van der Waals surface area contributed by atoms with Crippen LogP contribution in [0.2, 0.25) is 0 Å². The monoisotopic (exact) mass is 424 g/mol. The van der Waals surface area contributed by atoms with Gasteiger partial charge < -0.3 is 24.3 Å². The van der Waals surface area contributed by atoms with E-state index in [0.29, 0.717) is 31.0 Å². The van der Waals surface area contributed by atoms with E-state index in [1.807, 2.05) is 41.8 Å². The molecule has 1 saturated heterocycles. The van der Waals surface area contributed by atoms with Gasteiger partial charge in [-0.05, 0) is 50.5 Å². The maximum Gasteiger partial charge on any atom is 0.263 e. The number of rotatable bonds is 7. The summed E-state index contributed by atoms with van der Waals surface area (Å²) in [6, 6.07) is 9.49. The number of hydrogen-bond donors (Lipinski definition) is 2. The molecule has 3 heterocycles. The van der Waals surface area contributed by atoms with E-state index >= 15 is 0 Å². The van der Waals surface area contributed by atoms with E-state index in [1.54, 1.807) is 11.5 Å². The van der Waals surface area contributed by atoms with E-state index in [9.17, 15) is 14.7 Å². The number of carbonyl (C=O) groups excluding carboxylic acids is 1. The van der Waals surface area contributed by atoms with Crippen LogP contribution in [0.15, 0.2) is 35.1 Å². The smallest absolute Gasteiger partial charge is 0.263 e. The fraction of sp³-hybridized carbons (Fsp3) is 0.435. The number of pyridine rings is 1. The molecule has 164 valence electrons. The Morgan fingerprint density at radius 2 is 2.10 bits per heavy atom. The highest BCUT2D eigenvalue weighted by molar-refractivity contribution is 5.95. The topological polar surface area (TPSA) is 98.4 Å². The molecule has 8 heteroatoms. The van der Waals surface area contributed by atoms with Crippen molar-refractivity contribution >= 4 is 16.9 Å². The van der Waals surface area contributed by atoms with Crippen LogP contribution in [0.5, 0.6) is 0 Å². The Labute approximate surface area is 180 Å². The molecule has 2 aromatic heterocycles. The lowest BCUT2D eigenvalue weighted by molar-refractivity contribution is 0.0926. The number of hydrogen-bond acceptors (Lipinski definition) is 5. The average Bonchev–Trinajstić information content (AvgIpc) is 3.38. The Morgan fingerprint density at radius 3 is 2.84 bits per heavy atom. The summed E-state index contributed by atoms with van der Waals surface area (Å²) in [5, 5.41) is 12.5. The molecule has 0 bridgehead atoms. The van der Waals surface area contributed by atoms with E-state index in [0.717, 1.165) is 36.2 Å². The van der Waals surface area contributed by atoms with Crippen LogP contribution < -0.4 is 10.9 Å². The third kappa shape index (κ3) is 4.26. The third-order valence-electron chi connectivity index (χ3n) is 5.84. The molecular formula is C23H28N4O4. The standard InChI is InChI=1S/C23H28N4O4/c1-15-12-16(2)27(13-17-6-5-11-31-17)23(30)21(15)22(29)24-9-10-26-19-8-4-3-7-18(19)25-20(26)14-28/h3-4,7-8,12,17,28H,5-6,9-11,13-14H2,1-2H3,(H,24,29)/t17-/m1/s1. The number of nitrogens with zero attached hydrogens (tertiary/aromatic N) is 3. The fourth-order valence-electron chi connectivity index (χ4n) is 4.29. The lowest BCUT2D eigenvalue weighted by Gasteiger charge is -2.17. The molecule has 0 spiro atoms. The zero-order valence-corrected chi connectivity index (χ0v) is 17.9. The molecule has 0 radical (unpaired) electrons. The Balaban J connectivity index is 1.51. The van der Waals surface area contributed by atoms with Crippen molar-refractivity contribution in [2.45, 2.75) is 52.5 Å². The summed E-state index contributed by atoms with van der Waals surface area (Å²) in [6.45, 7) is 5.41. The number of ether oxygens (including phenoxy) is 1. The van der Waals surface area contributed by atoms with Crippen LogP contribution in [-0.4, -0.2) is 44.4 Å². The third-order valence-corrected chi connectivity index (χ3v) is 5.84. The number of nitrogens with one attached hydrogen (secondary N) is 1. The normalized spacial score (nSPS) is 16.2. The van der Waals surface area contributed by atoms with E-state index in [-0.39, 0.29) is 23.8 Å². The largest absolute Gasteiger partial charge is 0.388 e. The number of fused-ring (bicyclic) bond motifs is 1. The van der Waals surface area contributed by atoms with Crippen molar-refractivity contribution in [3.05, 3.63) is 63.3 Å². The van der Waals surface area contributed by atoms with Crippen molar-refractivity contribution in [2.24, 2.45) is 0 Å². The van der Waals surface area contributed by atoms with Crippen molar-refractivity contribution in [2.75, 3.05) is 13.2 Å². The highest BCUT2D eigenvalue weighted by Crippen LogP contribution is 2.17. The summed E-state index contributed by atoms with van der Waals surface area (Å²) >= 11 is 0. The van der Waals surface area contributed by atoms with Crippen LogP contribution in [-0.2, 0) is 24.4 Å². The molecule has 1 amide bonds. The average molecular weight is 425 g/mol. The van der Waals surface area contributed by atoms with E-state index in [2.05, 4.69) is 10.3 Å². The van der Waals surface area contributed by atoms with Crippen LogP contribution in [0.25, 0.3) is 11.0 Å². The SMILES string of the molecule is Cc1cc(C)n(C[C@H]2CCCO2)c(=O)c1C(=O)NCCn1c(CO)nc2ccccc21. The Morgan fingerprint density at radius 1 is 1.29 bits per heavy atom. The van der Waals surface area contributed by atoms with E-state index < -0.39 is 5.91 Å².